The predicted octanol–water partition coefficient (Wildman–Crippen LogP) is 4.90. The van der Waals surface area contributed by atoms with E-state index in [1.54, 1.807) is 7.11 Å². The molecule has 0 radical (unpaired) electrons. The van der Waals surface area contributed by atoms with Crippen LogP contribution in [0, 0.1) is 0 Å². The van der Waals surface area contributed by atoms with Crippen molar-refractivity contribution < 1.29 is 14.3 Å². The first kappa shape index (κ1) is 18.1. The second-order valence-electron chi connectivity index (χ2n) is 6.43. The van der Waals surface area contributed by atoms with Gasteiger partial charge >= 0.3 is 6.09 Å². The Labute approximate surface area is 155 Å². The highest BCUT2D eigenvalue weighted by molar-refractivity contribution is 5.69. The zero-order valence-electron chi connectivity index (χ0n) is 15.2. The summed E-state index contributed by atoms with van der Waals surface area (Å²) in [5, 5.41) is 0. The SMILES string of the molecule is C=CCCC1c2ccc(OC)cc2CCN1C(=O)OCc1ccccc1. The number of rotatable bonds is 6. The van der Waals surface area contributed by atoms with Crippen molar-refractivity contribution in [1.29, 1.82) is 0 Å². The maximum Gasteiger partial charge on any atom is 0.410 e. The van der Waals surface area contributed by atoms with Crippen molar-refractivity contribution in [3.05, 3.63) is 77.9 Å². The van der Waals surface area contributed by atoms with Crippen molar-refractivity contribution in [2.45, 2.75) is 31.9 Å². The third-order valence-electron chi connectivity index (χ3n) is 4.79. The Bertz CT molecular complexity index is 757. The summed E-state index contributed by atoms with van der Waals surface area (Å²) in [6.07, 6.45) is 4.12. The summed E-state index contributed by atoms with van der Waals surface area (Å²) in [5.74, 6) is 0.853. The molecule has 0 spiro atoms. The van der Waals surface area contributed by atoms with Gasteiger partial charge in [-0.15, -0.1) is 6.58 Å². The molecule has 26 heavy (non-hydrogen) atoms. The zero-order chi connectivity index (χ0) is 18.4. The molecule has 3 rings (SSSR count). The molecule has 0 saturated heterocycles. The van der Waals surface area contributed by atoms with E-state index < -0.39 is 0 Å². The van der Waals surface area contributed by atoms with Crippen LogP contribution in [0.5, 0.6) is 5.75 Å². The molecule has 0 fully saturated rings. The number of hydrogen-bond donors (Lipinski definition) is 0. The van der Waals surface area contributed by atoms with E-state index in [0.717, 1.165) is 30.6 Å². The average Bonchev–Trinajstić information content (AvgIpc) is 2.70. The Morgan fingerprint density at radius 1 is 1.27 bits per heavy atom. The molecule has 1 aliphatic heterocycles. The van der Waals surface area contributed by atoms with Crippen molar-refractivity contribution in [3.63, 3.8) is 0 Å². The minimum Gasteiger partial charge on any atom is -0.497 e. The molecule has 4 heteroatoms. The summed E-state index contributed by atoms with van der Waals surface area (Å²) in [7, 11) is 1.67. The van der Waals surface area contributed by atoms with E-state index in [2.05, 4.69) is 18.7 Å². The number of amides is 1. The van der Waals surface area contributed by atoms with E-state index in [9.17, 15) is 4.79 Å². The lowest BCUT2D eigenvalue weighted by molar-refractivity contribution is 0.0752. The van der Waals surface area contributed by atoms with E-state index in [4.69, 9.17) is 9.47 Å². The monoisotopic (exact) mass is 351 g/mol. The minimum absolute atomic E-state index is 0.00549. The number of allylic oxidation sites excluding steroid dienone is 1. The second kappa shape index (κ2) is 8.56. The lowest BCUT2D eigenvalue weighted by atomic mass is 9.90. The minimum atomic E-state index is -0.260. The maximum absolute atomic E-state index is 12.7. The maximum atomic E-state index is 12.7. The first-order chi connectivity index (χ1) is 12.7. The fourth-order valence-electron chi connectivity index (χ4n) is 3.42. The van der Waals surface area contributed by atoms with Crippen molar-refractivity contribution in [2.75, 3.05) is 13.7 Å². The molecule has 0 saturated carbocycles. The third-order valence-corrected chi connectivity index (χ3v) is 4.79. The van der Waals surface area contributed by atoms with Crippen molar-refractivity contribution in [2.24, 2.45) is 0 Å². The molecule has 1 heterocycles. The molecule has 2 aromatic rings. The summed E-state index contributed by atoms with van der Waals surface area (Å²) in [4.78, 5) is 14.6. The van der Waals surface area contributed by atoms with E-state index >= 15 is 0 Å². The van der Waals surface area contributed by atoms with Gasteiger partial charge in [0.05, 0.1) is 13.2 Å². The summed E-state index contributed by atoms with van der Waals surface area (Å²) < 4.78 is 10.9. The van der Waals surface area contributed by atoms with Crippen LogP contribution in [0.15, 0.2) is 61.2 Å². The van der Waals surface area contributed by atoms with Crippen molar-refractivity contribution in [1.82, 2.24) is 4.90 Å². The van der Waals surface area contributed by atoms with Gasteiger partial charge in [0.1, 0.15) is 12.4 Å². The number of hydrogen-bond acceptors (Lipinski definition) is 3. The van der Waals surface area contributed by atoms with Crippen LogP contribution in [0.3, 0.4) is 0 Å². The fourth-order valence-corrected chi connectivity index (χ4v) is 3.42. The molecule has 1 atom stereocenters. The van der Waals surface area contributed by atoms with E-state index in [0.29, 0.717) is 13.2 Å². The zero-order valence-corrected chi connectivity index (χ0v) is 15.2. The highest BCUT2D eigenvalue weighted by Crippen LogP contribution is 2.35. The van der Waals surface area contributed by atoms with Crippen LogP contribution in [0.2, 0.25) is 0 Å². The highest BCUT2D eigenvalue weighted by Gasteiger charge is 2.31. The summed E-state index contributed by atoms with van der Waals surface area (Å²) >= 11 is 0. The normalized spacial score (nSPS) is 15.9. The van der Waals surface area contributed by atoms with E-state index in [-0.39, 0.29) is 12.1 Å². The smallest absolute Gasteiger partial charge is 0.410 e. The van der Waals surface area contributed by atoms with Crippen molar-refractivity contribution in [3.8, 4) is 5.75 Å². The number of carbonyl (C=O) groups excluding carboxylic acids is 1. The Balaban J connectivity index is 1.76. The largest absolute Gasteiger partial charge is 0.497 e. The number of ether oxygens (including phenoxy) is 2. The lowest BCUT2D eigenvalue weighted by Gasteiger charge is -2.36. The van der Waals surface area contributed by atoms with Gasteiger partial charge in [-0.25, -0.2) is 4.79 Å². The van der Waals surface area contributed by atoms with Gasteiger partial charge in [0, 0.05) is 6.54 Å². The molecule has 0 aromatic heterocycles. The summed E-state index contributed by atoms with van der Waals surface area (Å²) in [6, 6.07) is 15.9. The van der Waals surface area contributed by atoms with Crippen LogP contribution in [-0.2, 0) is 17.8 Å². The lowest BCUT2D eigenvalue weighted by Crippen LogP contribution is -2.40. The van der Waals surface area contributed by atoms with E-state index in [1.165, 1.54) is 11.1 Å². The van der Waals surface area contributed by atoms with Gasteiger partial charge in [0.2, 0.25) is 0 Å². The molecule has 1 unspecified atom stereocenters. The topological polar surface area (TPSA) is 38.8 Å². The molecule has 2 aromatic carbocycles. The average molecular weight is 351 g/mol. The van der Waals surface area contributed by atoms with Crippen LogP contribution in [0.4, 0.5) is 4.79 Å². The van der Waals surface area contributed by atoms with Crippen LogP contribution in [0.25, 0.3) is 0 Å². The quantitative estimate of drug-likeness (QED) is 0.695. The van der Waals surface area contributed by atoms with Gasteiger partial charge in [-0.2, -0.15) is 0 Å². The van der Waals surface area contributed by atoms with Gasteiger partial charge in [-0.1, -0.05) is 42.5 Å². The Kier molecular flexibility index (Phi) is 5.95. The first-order valence-electron chi connectivity index (χ1n) is 8.98. The molecule has 0 bridgehead atoms. The predicted molar refractivity (Wildman–Crippen MR) is 102 cm³/mol. The molecule has 1 amide bonds. The van der Waals surface area contributed by atoms with Gasteiger partial charge in [0.15, 0.2) is 0 Å². The molecule has 4 nitrogen and oxygen atoms in total. The Morgan fingerprint density at radius 2 is 2.08 bits per heavy atom. The number of benzene rings is 2. The third kappa shape index (κ3) is 4.07. The number of nitrogens with zero attached hydrogens (tertiary/aromatic N) is 1. The van der Waals surface area contributed by atoms with Gasteiger partial charge in [-0.3, -0.25) is 0 Å². The van der Waals surface area contributed by atoms with Gasteiger partial charge in [0.25, 0.3) is 0 Å². The van der Waals surface area contributed by atoms with Crippen molar-refractivity contribution >= 4 is 6.09 Å². The molecule has 0 N–H and O–H groups in total. The van der Waals surface area contributed by atoms with E-state index in [1.807, 2.05) is 47.4 Å². The van der Waals surface area contributed by atoms with Gasteiger partial charge in [-0.05, 0) is 48.1 Å². The highest BCUT2D eigenvalue weighted by atomic mass is 16.6. The number of methoxy groups -OCH3 is 1. The fraction of sp³-hybridized carbons (Fsp3) is 0.318. The molecule has 136 valence electrons. The van der Waals surface area contributed by atoms with Crippen LogP contribution < -0.4 is 4.74 Å². The van der Waals surface area contributed by atoms with Crippen LogP contribution in [0.1, 0.15) is 35.6 Å². The Hall–Kier alpha value is -2.75. The van der Waals surface area contributed by atoms with Gasteiger partial charge < -0.3 is 14.4 Å². The van der Waals surface area contributed by atoms with Crippen LogP contribution in [-0.4, -0.2) is 24.6 Å². The number of fused-ring (bicyclic) bond motifs is 1. The summed E-state index contributed by atoms with van der Waals surface area (Å²) in [5.41, 5.74) is 3.41. The molecule has 0 aliphatic carbocycles. The Morgan fingerprint density at radius 3 is 2.81 bits per heavy atom. The molecular weight excluding hydrogens is 326 g/mol. The van der Waals surface area contributed by atoms with Crippen LogP contribution >= 0.6 is 0 Å². The molecule has 1 aliphatic rings. The standard InChI is InChI=1S/C22H25NO3/c1-3-4-10-21-20-12-11-19(25-2)15-18(20)13-14-23(21)22(24)26-16-17-8-6-5-7-9-17/h3,5-9,11-12,15,21H,1,4,10,13-14,16H2,2H3. The number of carbonyl (C=O) groups is 1. The molecular formula is C22H25NO3. The second-order valence-corrected chi connectivity index (χ2v) is 6.43. The summed E-state index contributed by atoms with van der Waals surface area (Å²) in [6.45, 7) is 4.76. The first-order valence-corrected chi connectivity index (χ1v) is 8.98.